The number of benzene rings is 2. The number of hydrogen-bond donors (Lipinski definition) is 0. The molecular weight excluding hydrogens is 380 g/mol. The van der Waals surface area contributed by atoms with Crippen LogP contribution in [0.5, 0.6) is 5.75 Å². The predicted octanol–water partition coefficient (Wildman–Crippen LogP) is 4.37. The summed E-state index contributed by atoms with van der Waals surface area (Å²) in [6.45, 7) is 3.81. The molecule has 0 spiro atoms. The standard InChI is InChI=1S/C24H26N2O4/c1-3-30-24(27)22-8-4-19(5-9-22)14-21(15-26-13-12-25-18-26)17-29-16-20-6-10-23(28-2)11-7-20/h4-14,18H,3,15-17H2,1-2H3. The fraction of sp³-hybridized carbons (Fsp3) is 0.250. The maximum Gasteiger partial charge on any atom is 0.338 e. The molecule has 3 rings (SSSR count). The molecule has 0 radical (unpaired) electrons. The number of aromatic nitrogens is 2. The number of nitrogens with zero attached hydrogens (tertiary/aromatic N) is 2. The van der Waals surface area contributed by atoms with Gasteiger partial charge in [-0.05, 0) is 47.9 Å². The topological polar surface area (TPSA) is 62.6 Å². The van der Waals surface area contributed by atoms with Crippen molar-refractivity contribution in [3.05, 3.63) is 89.5 Å². The average Bonchev–Trinajstić information content (AvgIpc) is 3.28. The summed E-state index contributed by atoms with van der Waals surface area (Å²) in [5, 5.41) is 0. The number of imidazole rings is 1. The maximum absolute atomic E-state index is 11.8. The Hall–Kier alpha value is -3.38. The zero-order valence-electron chi connectivity index (χ0n) is 17.3. The zero-order chi connectivity index (χ0) is 21.2. The van der Waals surface area contributed by atoms with E-state index in [1.807, 2.05) is 47.2 Å². The summed E-state index contributed by atoms with van der Waals surface area (Å²) in [6.07, 6.45) is 7.52. The summed E-state index contributed by atoms with van der Waals surface area (Å²) >= 11 is 0. The molecule has 0 bridgehead atoms. The molecule has 0 aliphatic carbocycles. The van der Waals surface area contributed by atoms with Crippen LogP contribution >= 0.6 is 0 Å². The van der Waals surface area contributed by atoms with Gasteiger partial charge in [0.25, 0.3) is 0 Å². The van der Waals surface area contributed by atoms with Crippen LogP contribution < -0.4 is 4.74 Å². The van der Waals surface area contributed by atoms with E-state index in [-0.39, 0.29) is 5.97 Å². The smallest absolute Gasteiger partial charge is 0.338 e. The van der Waals surface area contributed by atoms with Crippen LogP contribution in [0.1, 0.15) is 28.4 Å². The minimum absolute atomic E-state index is 0.311. The van der Waals surface area contributed by atoms with Gasteiger partial charge in [0.05, 0.1) is 38.8 Å². The van der Waals surface area contributed by atoms with Gasteiger partial charge in [-0.15, -0.1) is 0 Å². The van der Waals surface area contributed by atoms with Gasteiger partial charge in [0.2, 0.25) is 0 Å². The van der Waals surface area contributed by atoms with E-state index in [1.54, 1.807) is 38.7 Å². The summed E-state index contributed by atoms with van der Waals surface area (Å²) in [4.78, 5) is 15.9. The van der Waals surface area contributed by atoms with Crippen LogP contribution in [0.3, 0.4) is 0 Å². The van der Waals surface area contributed by atoms with Crippen LogP contribution in [0.2, 0.25) is 0 Å². The third kappa shape index (κ3) is 6.32. The van der Waals surface area contributed by atoms with Gasteiger partial charge in [-0.2, -0.15) is 0 Å². The molecule has 6 heteroatoms. The van der Waals surface area contributed by atoms with Gasteiger partial charge in [-0.25, -0.2) is 9.78 Å². The molecule has 0 fully saturated rings. The van der Waals surface area contributed by atoms with Crippen LogP contribution in [0.15, 0.2) is 72.8 Å². The summed E-state index contributed by atoms with van der Waals surface area (Å²) in [7, 11) is 1.65. The highest BCUT2D eigenvalue weighted by atomic mass is 16.5. The first-order valence-electron chi connectivity index (χ1n) is 9.81. The molecule has 0 atom stereocenters. The van der Waals surface area contributed by atoms with E-state index in [1.165, 1.54) is 0 Å². The molecule has 0 aliphatic rings. The lowest BCUT2D eigenvalue weighted by atomic mass is 10.1. The molecule has 1 heterocycles. The van der Waals surface area contributed by atoms with Crippen LogP contribution in [0.25, 0.3) is 6.08 Å². The van der Waals surface area contributed by atoms with E-state index in [4.69, 9.17) is 14.2 Å². The second-order valence-corrected chi connectivity index (χ2v) is 6.72. The number of carbonyl (C=O) groups is 1. The number of esters is 1. The normalized spacial score (nSPS) is 11.3. The third-order valence-electron chi connectivity index (χ3n) is 4.45. The van der Waals surface area contributed by atoms with Crippen LogP contribution in [-0.4, -0.2) is 35.8 Å². The minimum Gasteiger partial charge on any atom is -0.497 e. The highest BCUT2D eigenvalue weighted by Gasteiger charge is 2.06. The predicted molar refractivity (Wildman–Crippen MR) is 115 cm³/mol. The molecular formula is C24H26N2O4. The number of rotatable bonds is 10. The first kappa shape index (κ1) is 21.3. The van der Waals surface area contributed by atoms with E-state index in [2.05, 4.69) is 11.1 Å². The van der Waals surface area contributed by atoms with Gasteiger partial charge in [0.15, 0.2) is 0 Å². The fourth-order valence-corrected chi connectivity index (χ4v) is 2.94. The molecule has 30 heavy (non-hydrogen) atoms. The summed E-state index contributed by atoms with van der Waals surface area (Å²) in [5.74, 6) is 0.514. The van der Waals surface area contributed by atoms with Crippen LogP contribution in [0.4, 0.5) is 0 Å². The SMILES string of the molecule is CCOC(=O)c1ccc(C=C(COCc2ccc(OC)cc2)Cn2ccnc2)cc1. The largest absolute Gasteiger partial charge is 0.497 e. The Bertz CT molecular complexity index is 946. The van der Waals surface area contributed by atoms with Crippen molar-refractivity contribution in [1.82, 2.24) is 9.55 Å². The van der Waals surface area contributed by atoms with E-state index in [0.717, 1.165) is 22.4 Å². The lowest BCUT2D eigenvalue weighted by Gasteiger charge is -2.11. The van der Waals surface area contributed by atoms with E-state index in [0.29, 0.717) is 31.9 Å². The van der Waals surface area contributed by atoms with Gasteiger partial charge in [-0.1, -0.05) is 30.3 Å². The van der Waals surface area contributed by atoms with Crippen molar-refractivity contribution in [2.75, 3.05) is 20.3 Å². The molecule has 156 valence electrons. The molecule has 3 aromatic rings. The Kier molecular flexibility index (Phi) is 7.80. The van der Waals surface area contributed by atoms with Gasteiger partial charge in [0.1, 0.15) is 5.75 Å². The second kappa shape index (κ2) is 11.0. The molecule has 0 aliphatic heterocycles. The molecule has 2 aromatic carbocycles. The Balaban J connectivity index is 1.67. The second-order valence-electron chi connectivity index (χ2n) is 6.72. The van der Waals surface area contributed by atoms with E-state index < -0.39 is 0 Å². The zero-order valence-corrected chi connectivity index (χ0v) is 17.3. The van der Waals surface area contributed by atoms with Crippen molar-refractivity contribution >= 4 is 12.0 Å². The van der Waals surface area contributed by atoms with Crippen molar-refractivity contribution < 1.29 is 19.0 Å². The number of hydrogen-bond acceptors (Lipinski definition) is 5. The number of ether oxygens (including phenoxy) is 3. The molecule has 6 nitrogen and oxygen atoms in total. The Labute approximate surface area is 176 Å². The van der Waals surface area contributed by atoms with Crippen molar-refractivity contribution in [3.63, 3.8) is 0 Å². The Morgan fingerprint density at radius 3 is 2.50 bits per heavy atom. The van der Waals surface area contributed by atoms with Crippen LogP contribution in [0, 0.1) is 0 Å². The molecule has 0 N–H and O–H groups in total. The third-order valence-corrected chi connectivity index (χ3v) is 4.45. The fourth-order valence-electron chi connectivity index (χ4n) is 2.94. The Morgan fingerprint density at radius 1 is 1.10 bits per heavy atom. The average molecular weight is 406 g/mol. The summed E-state index contributed by atoms with van der Waals surface area (Å²) in [6, 6.07) is 15.2. The van der Waals surface area contributed by atoms with Gasteiger partial charge < -0.3 is 18.8 Å². The van der Waals surface area contributed by atoms with Gasteiger partial charge in [0, 0.05) is 18.9 Å². The minimum atomic E-state index is -0.311. The van der Waals surface area contributed by atoms with E-state index in [9.17, 15) is 4.79 Å². The van der Waals surface area contributed by atoms with Crippen molar-refractivity contribution in [2.45, 2.75) is 20.1 Å². The molecule has 0 amide bonds. The number of methoxy groups -OCH3 is 1. The van der Waals surface area contributed by atoms with Gasteiger partial charge >= 0.3 is 5.97 Å². The molecule has 1 aromatic heterocycles. The Morgan fingerprint density at radius 2 is 1.87 bits per heavy atom. The van der Waals surface area contributed by atoms with Gasteiger partial charge in [-0.3, -0.25) is 0 Å². The first-order valence-corrected chi connectivity index (χ1v) is 9.81. The molecule has 0 saturated carbocycles. The van der Waals surface area contributed by atoms with E-state index >= 15 is 0 Å². The van der Waals surface area contributed by atoms with Crippen molar-refractivity contribution in [3.8, 4) is 5.75 Å². The number of carbonyl (C=O) groups excluding carboxylic acids is 1. The molecule has 0 saturated heterocycles. The van der Waals surface area contributed by atoms with Crippen molar-refractivity contribution in [1.29, 1.82) is 0 Å². The highest BCUT2D eigenvalue weighted by molar-refractivity contribution is 5.89. The molecule has 0 unspecified atom stereocenters. The highest BCUT2D eigenvalue weighted by Crippen LogP contribution is 2.15. The lowest BCUT2D eigenvalue weighted by molar-refractivity contribution is 0.0526. The summed E-state index contributed by atoms with van der Waals surface area (Å²) in [5.41, 5.74) is 3.70. The first-order chi connectivity index (χ1) is 14.7. The summed E-state index contributed by atoms with van der Waals surface area (Å²) < 4.78 is 18.2. The maximum atomic E-state index is 11.8. The quantitative estimate of drug-likeness (QED) is 0.468. The van der Waals surface area contributed by atoms with Crippen molar-refractivity contribution in [2.24, 2.45) is 0 Å². The van der Waals surface area contributed by atoms with Crippen LogP contribution in [-0.2, 0) is 22.6 Å². The lowest BCUT2D eigenvalue weighted by Crippen LogP contribution is -2.06. The monoisotopic (exact) mass is 406 g/mol.